The van der Waals surface area contributed by atoms with Crippen LogP contribution in [0.4, 0.5) is 4.79 Å². The maximum Gasteiger partial charge on any atom is 0.404 e. The van der Waals surface area contributed by atoms with Crippen molar-refractivity contribution in [1.29, 1.82) is 5.26 Å². The van der Waals surface area contributed by atoms with Crippen molar-refractivity contribution in [3.8, 4) is 6.07 Å². The lowest BCUT2D eigenvalue weighted by Crippen LogP contribution is -2.40. The molecule has 0 bridgehead atoms. The number of carbonyl (C=O) groups is 2. The molecule has 0 fully saturated rings. The summed E-state index contributed by atoms with van der Waals surface area (Å²) in [5.41, 5.74) is 1.36. The number of nitrogens with one attached hydrogen (secondary N) is 2. The summed E-state index contributed by atoms with van der Waals surface area (Å²) < 4.78 is 0. The molecule has 0 spiro atoms. The van der Waals surface area contributed by atoms with Gasteiger partial charge in [0.05, 0.1) is 11.6 Å². The number of aliphatic hydroxyl groups excluding tert-OH is 1. The number of aliphatic hydroxyl groups is 1. The average Bonchev–Trinajstić information content (AvgIpc) is 2.47. The summed E-state index contributed by atoms with van der Waals surface area (Å²) in [6.07, 6.45) is -0.372. The highest BCUT2D eigenvalue weighted by Crippen LogP contribution is 2.08. The first-order chi connectivity index (χ1) is 10.5. The third kappa shape index (κ3) is 6.72. The molecular weight excluding hydrogens is 286 g/mol. The molecule has 0 heterocycles. The number of nitrogens with zero attached hydrogens (tertiary/aromatic N) is 1. The standard InChI is InChI=1S/C15H19N3O4/c16-10-12-4-2-11(3-5-12)8-13(18-15(21)22)9-14(20)17-6-1-7-19/h2-5,13,18-19H,1,6-9H2,(H,17,20)(H,21,22)/t13-/m1/s1. The summed E-state index contributed by atoms with van der Waals surface area (Å²) in [7, 11) is 0. The van der Waals surface area contributed by atoms with Gasteiger partial charge in [0, 0.05) is 25.6 Å². The van der Waals surface area contributed by atoms with E-state index in [1.54, 1.807) is 24.3 Å². The lowest BCUT2D eigenvalue weighted by Gasteiger charge is -2.17. The molecule has 0 aliphatic carbocycles. The molecule has 0 saturated carbocycles. The van der Waals surface area contributed by atoms with Gasteiger partial charge in [-0.1, -0.05) is 12.1 Å². The number of rotatable bonds is 8. The monoisotopic (exact) mass is 305 g/mol. The smallest absolute Gasteiger partial charge is 0.404 e. The Morgan fingerprint density at radius 3 is 2.50 bits per heavy atom. The predicted octanol–water partition coefficient (Wildman–Crippen LogP) is 0.626. The number of hydrogen-bond donors (Lipinski definition) is 4. The van der Waals surface area contributed by atoms with E-state index in [1.165, 1.54) is 0 Å². The van der Waals surface area contributed by atoms with Gasteiger partial charge in [0.2, 0.25) is 5.91 Å². The third-order valence-corrected chi connectivity index (χ3v) is 2.98. The number of benzene rings is 1. The molecule has 7 nitrogen and oxygen atoms in total. The average molecular weight is 305 g/mol. The SMILES string of the molecule is N#Cc1ccc(C[C@H](CC(=O)NCCCO)NC(=O)O)cc1. The lowest BCUT2D eigenvalue weighted by atomic mass is 10.0. The molecule has 1 atom stereocenters. The zero-order valence-electron chi connectivity index (χ0n) is 12.1. The lowest BCUT2D eigenvalue weighted by molar-refractivity contribution is -0.121. The quantitative estimate of drug-likeness (QED) is 0.525. The molecule has 2 amide bonds. The Morgan fingerprint density at radius 2 is 1.95 bits per heavy atom. The van der Waals surface area contributed by atoms with Crippen LogP contribution < -0.4 is 10.6 Å². The molecule has 0 radical (unpaired) electrons. The molecule has 0 aliphatic rings. The molecule has 1 aromatic carbocycles. The van der Waals surface area contributed by atoms with Gasteiger partial charge in [-0.3, -0.25) is 4.79 Å². The van der Waals surface area contributed by atoms with Gasteiger partial charge >= 0.3 is 6.09 Å². The fraction of sp³-hybridized carbons (Fsp3) is 0.400. The molecular formula is C15H19N3O4. The van der Waals surface area contributed by atoms with Crippen LogP contribution in [0.2, 0.25) is 0 Å². The predicted molar refractivity (Wildman–Crippen MR) is 79.1 cm³/mol. The zero-order chi connectivity index (χ0) is 16.4. The van der Waals surface area contributed by atoms with Crippen molar-refractivity contribution in [3.05, 3.63) is 35.4 Å². The second-order valence-corrected chi connectivity index (χ2v) is 4.79. The van der Waals surface area contributed by atoms with Crippen LogP contribution in [-0.2, 0) is 11.2 Å². The maximum atomic E-state index is 11.7. The Labute approximate surface area is 128 Å². The van der Waals surface area contributed by atoms with Crippen LogP contribution in [-0.4, -0.2) is 41.4 Å². The van der Waals surface area contributed by atoms with E-state index in [0.29, 0.717) is 24.9 Å². The van der Waals surface area contributed by atoms with Crippen molar-refractivity contribution in [1.82, 2.24) is 10.6 Å². The normalized spacial score (nSPS) is 11.3. The van der Waals surface area contributed by atoms with E-state index in [2.05, 4.69) is 10.6 Å². The van der Waals surface area contributed by atoms with Gasteiger partial charge in [-0.05, 0) is 30.5 Å². The summed E-state index contributed by atoms with van der Waals surface area (Å²) in [4.78, 5) is 22.6. The molecule has 0 saturated heterocycles. The summed E-state index contributed by atoms with van der Waals surface area (Å²) in [5, 5.41) is 31.2. The highest BCUT2D eigenvalue weighted by molar-refractivity contribution is 5.77. The van der Waals surface area contributed by atoms with Crippen molar-refractivity contribution in [2.24, 2.45) is 0 Å². The molecule has 1 aromatic rings. The van der Waals surface area contributed by atoms with E-state index >= 15 is 0 Å². The van der Waals surface area contributed by atoms with E-state index in [-0.39, 0.29) is 18.9 Å². The highest BCUT2D eigenvalue weighted by Gasteiger charge is 2.16. The Kier molecular flexibility index (Phi) is 7.43. The van der Waals surface area contributed by atoms with Gasteiger partial charge < -0.3 is 20.8 Å². The van der Waals surface area contributed by atoms with E-state index in [4.69, 9.17) is 15.5 Å². The minimum atomic E-state index is -1.19. The Morgan fingerprint density at radius 1 is 1.27 bits per heavy atom. The Hall–Kier alpha value is -2.59. The number of hydrogen-bond acceptors (Lipinski definition) is 4. The van der Waals surface area contributed by atoms with Crippen LogP contribution in [0.15, 0.2) is 24.3 Å². The Bertz CT molecular complexity index is 537. The van der Waals surface area contributed by atoms with Crippen LogP contribution in [0, 0.1) is 11.3 Å². The van der Waals surface area contributed by atoms with Crippen molar-refractivity contribution < 1.29 is 19.8 Å². The molecule has 0 aliphatic heterocycles. The summed E-state index contributed by atoms with van der Waals surface area (Å²) in [5.74, 6) is -0.277. The zero-order valence-corrected chi connectivity index (χ0v) is 12.1. The van der Waals surface area contributed by atoms with Crippen molar-refractivity contribution >= 4 is 12.0 Å². The minimum Gasteiger partial charge on any atom is -0.465 e. The van der Waals surface area contributed by atoms with Crippen molar-refractivity contribution in [2.45, 2.75) is 25.3 Å². The van der Waals surface area contributed by atoms with Gasteiger partial charge in [-0.15, -0.1) is 0 Å². The fourth-order valence-electron chi connectivity index (χ4n) is 1.95. The first-order valence-corrected chi connectivity index (χ1v) is 6.91. The minimum absolute atomic E-state index is 0.0116. The molecule has 0 unspecified atom stereocenters. The second-order valence-electron chi connectivity index (χ2n) is 4.79. The molecule has 7 heteroatoms. The first-order valence-electron chi connectivity index (χ1n) is 6.91. The van der Waals surface area contributed by atoms with Gasteiger partial charge in [0.15, 0.2) is 0 Å². The summed E-state index contributed by atoms with van der Waals surface area (Å²) in [6.45, 7) is 0.342. The van der Waals surface area contributed by atoms with Gasteiger partial charge in [-0.25, -0.2) is 4.79 Å². The van der Waals surface area contributed by atoms with Gasteiger partial charge in [0.25, 0.3) is 0 Å². The Balaban J connectivity index is 2.61. The number of amides is 2. The second kappa shape index (κ2) is 9.37. The van der Waals surface area contributed by atoms with Gasteiger partial charge in [0.1, 0.15) is 0 Å². The summed E-state index contributed by atoms with van der Waals surface area (Å²) >= 11 is 0. The van der Waals surface area contributed by atoms with Crippen LogP contribution in [0.5, 0.6) is 0 Å². The third-order valence-electron chi connectivity index (χ3n) is 2.98. The first kappa shape index (κ1) is 17.5. The largest absolute Gasteiger partial charge is 0.465 e. The van der Waals surface area contributed by atoms with Crippen LogP contribution in [0.1, 0.15) is 24.0 Å². The topological polar surface area (TPSA) is 122 Å². The number of carboxylic acid groups (broad SMARTS) is 1. The van der Waals surface area contributed by atoms with Crippen molar-refractivity contribution in [2.75, 3.05) is 13.2 Å². The van der Waals surface area contributed by atoms with Gasteiger partial charge in [-0.2, -0.15) is 5.26 Å². The highest BCUT2D eigenvalue weighted by atomic mass is 16.4. The van der Waals surface area contributed by atoms with E-state index in [0.717, 1.165) is 5.56 Å². The maximum absolute atomic E-state index is 11.7. The summed E-state index contributed by atoms with van der Waals surface area (Å²) in [6, 6.07) is 8.21. The molecule has 0 aromatic heterocycles. The van der Waals surface area contributed by atoms with E-state index in [9.17, 15) is 9.59 Å². The van der Waals surface area contributed by atoms with Crippen molar-refractivity contribution in [3.63, 3.8) is 0 Å². The van der Waals surface area contributed by atoms with Crippen LogP contribution in [0.25, 0.3) is 0 Å². The van der Waals surface area contributed by atoms with E-state index in [1.807, 2.05) is 6.07 Å². The molecule has 118 valence electrons. The molecule has 4 N–H and O–H groups in total. The van der Waals surface area contributed by atoms with Crippen LogP contribution in [0.3, 0.4) is 0 Å². The number of carbonyl (C=O) groups excluding carboxylic acids is 1. The van der Waals surface area contributed by atoms with E-state index < -0.39 is 12.1 Å². The fourth-order valence-corrected chi connectivity index (χ4v) is 1.95. The van der Waals surface area contributed by atoms with Crippen LogP contribution >= 0.6 is 0 Å². The number of nitriles is 1. The molecule has 22 heavy (non-hydrogen) atoms. The molecule has 1 rings (SSSR count).